The third-order valence-corrected chi connectivity index (χ3v) is 5.97. The van der Waals surface area contributed by atoms with Crippen molar-refractivity contribution in [3.8, 4) is 0 Å². The molecule has 1 N–H and O–H groups in total. The molecule has 6 atom stereocenters. The number of esters is 1. The van der Waals surface area contributed by atoms with Gasteiger partial charge in [-0.2, -0.15) is 0 Å². The lowest BCUT2D eigenvalue weighted by Gasteiger charge is -2.33. The van der Waals surface area contributed by atoms with Gasteiger partial charge in [-0.05, 0) is 41.0 Å². The number of carbonyl (C=O) groups excluding carboxylic acids is 1. The van der Waals surface area contributed by atoms with Crippen molar-refractivity contribution in [2.45, 2.75) is 86.7 Å². The highest BCUT2D eigenvalue weighted by Gasteiger charge is 2.63. The molecule has 3 aliphatic rings. The second-order valence-electron chi connectivity index (χ2n) is 8.07. The fourth-order valence-corrected chi connectivity index (χ4v) is 5.04. The summed E-state index contributed by atoms with van der Waals surface area (Å²) in [6, 6.07) is -0.245. The lowest BCUT2D eigenvalue weighted by molar-refractivity contribution is -0.184. The highest BCUT2D eigenvalue weighted by Crippen LogP contribution is 2.47. The van der Waals surface area contributed by atoms with Crippen molar-refractivity contribution >= 4 is 28.6 Å². The van der Waals surface area contributed by atoms with E-state index in [2.05, 4.69) is 27.5 Å². The summed E-state index contributed by atoms with van der Waals surface area (Å²) < 4.78 is 17.9. The van der Waals surface area contributed by atoms with E-state index in [-0.39, 0.29) is 18.2 Å². The summed E-state index contributed by atoms with van der Waals surface area (Å²) in [5, 5.41) is 10.7. The molecule has 0 radical (unpaired) electrons. The minimum absolute atomic E-state index is 0.114. The first-order valence-corrected chi connectivity index (χ1v) is 9.41. The Balaban J connectivity index is 1.84. The lowest BCUT2D eigenvalue weighted by atomic mass is 10.0. The molecule has 0 aromatic heterocycles. The van der Waals surface area contributed by atoms with Crippen molar-refractivity contribution in [2.75, 3.05) is 6.54 Å². The fraction of sp³-hybridized carbons (Fsp3) is 0.938. The molecule has 6 nitrogen and oxygen atoms in total. The summed E-state index contributed by atoms with van der Waals surface area (Å²) in [6.45, 7) is 9.99. The predicted octanol–water partition coefficient (Wildman–Crippen LogP) is 1.47. The van der Waals surface area contributed by atoms with Crippen LogP contribution in [-0.4, -0.2) is 68.2 Å². The smallest absolute Gasteiger partial charge is 0.337 e. The molecule has 3 heterocycles. The maximum absolute atomic E-state index is 12.4. The Morgan fingerprint density at radius 2 is 1.96 bits per heavy atom. The van der Waals surface area contributed by atoms with Crippen molar-refractivity contribution in [3.63, 3.8) is 0 Å². The van der Waals surface area contributed by atoms with Gasteiger partial charge < -0.3 is 19.3 Å². The number of aliphatic hydroxyl groups excluding tert-OH is 1. The monoisotopic (exact) mass is 439 g/mol. The van der Waals surface area contributed by atoms with E-state index in [1.165, 1.54) is 0 Å². The van der Waals surface area contributed by atoms with Crippen LogP contribution in [0.25, 0.3) is 0 Å². The van der Waals surface area contributed by atoms with E-state index in [0.717, 1.165) is 13.0 Å². The number of alkyl halides is 1. The normalized spacial score (nSPS) is 40.7. The zero-order valence-electron chi connectivity index (χ0n) is 14.3. The standard InChI is InChI=1S/C16H26INO5/c1-15(2,3)23-14(20)11(19)10-13-12(21-16(4,5)22-13)9-8(17)6-7-18(9)10/h8-13,19H,6-7H2,1-5H3/t8-,9+,10-,11+,12+,13-/m0/s1. The molecule has 0 aliphatic carbocycles. The SMILES string of the molecule is CC(C)(C)OC(=O)[C@H](O)[C@H]1[C@@H]2OC(C)(C)O[C@@H]2[C@H]2[C@@H](I)CCN12. The summed E-state index contributed by atoms with van der Waals surface area (Å²) in [5.74, 6) is -1.28. The Morgan fingerprint density at radius 3 is 2.57 bits per heavy atom. The Kier molecular flexibility index (Phi) is 4.50. The van der Waals surface area contributed by atoms with Crippen LogP contribution in [0.15, 0.2) is 0 Å². The second-order valence-corrected chi connectivity index (χ2v) is 9.67. The van der Waals surface area contributed by atoms with Gasteiger partial charge in [-0.15, -0.1) is 0 Å². The molecule has 23 heavy (non-hydrogen) atoms. The average Bonchev–Trinajstić information content (AvgIpc) is 2.96. The molecular formula is C16H26INO5. The summed E-state index contributed by atoms with van der Waals surface area (Å²) in [7, 11) is 0. The molecule has 3 fully saturated rings. The van der Waals surface area contributed by atoms with Gasteiger partial charge in [-0.1, -0.05) is 22.6 Å². The summed E-state index contributed by atoms with van der Waals surface area (Å²) in [5.41, 5.74) is -0.626. The molecule has 0 aromatic rings. The number of hydrogen-bond donors (Lipinski definition) is 1. The van der Waals surface area contributed by atoms with Crippen LogP contribution in [-0.2, 0) is 19.0 Å². The van der Waals surface area contributed by atoms with Crippen LogP contribution in [0, 0.1) is 0 Å². The molecule has 132 valence electrons. The van der Waals surface area contributed by atoms with Crippen LogP contribution in [0.5, 0.6) is 0 Å². The Hall–Kier alpha value is 0.0400. The van der Waals surface area contributed by atoms with Crippen molar-refractivity contribution in [1.29, 1.82) is 0 Å². The second kappa shape index (κ2) is 5.79. The third-order valence-electron chi connectivity index (χ3n) is 4.61. The predicted molar refractivity (Wildman–Crippen MR) is 92.4 cm³/mol. The molecule has 7 heteroatoms. The van der Waals surface area contributed by atoms with E-state index in [9.17, 15) is 9.90 Å². The molecule has 0 saturated carbocycles. The molecular weight excluding hydrogens is 413 g/mol. The van der Waals surface area contributed by atoms with Crippen LogP contribution in [0.4, 0.5) is 0 Å². The van der Waals surface area contributed by atoms with Crippen molar-refractivity contribution in [3.05, 3.63) is 0 Å². The topological polar surface area (TPSA) is 68.2 Å². The van der Waals surface area contributed by atoms with Crippen molar-refractivity contribution in [2.24, 2.45) is 0 Å². The van der Waals surface area contributed by atoms with Crippen LogP contribution in [0.3, 0.4) is 0 Å². The van der Waals surface area contributed by atoms with Gasteiger partial charge in [0.05, 0.1) is 12.1 Å². The number of hydrogen-bond acceptors (Lipinski definition) is 6. The van der Waals surface area contributed by atoms with Crippen LogP contribution in [0.2, 0.25) is 0 Å². The minimum atomic E-state index is -1.23. The summed E-state index contributed by atoms with van der Waals surface area (Å²) >= 11 is 2.44. The molecule has 0 aromatic carbocycles. The number of nitrogens with zero attached hydrogens (tertiary/aromatic N) is 1. The lowest BCUT2D eigenvalue weighted by Crippen LogP contribution is -2.51. The number of rotatable bonds is 2. The number of fused-ring (bicyclic) bond motifs is 3. The first-order chi connectivity index (χ1) is 10.5. The van der Waals surface area contributed by atoms with E-state index in [4.69, 9.17) is 14.2 Å². The maximum atomic E-state index is 12.4. The zero-order chi connectivity index (χ0) is 17.2. The van der Waals surface area contributed by atoms with E-state index in [0.29, 0.717) is 3.92 Å². The molecule has 0 amide bonds. The quantitative estimate of drug-likeness (QED) is 0.400. The molecule has 0 unspecified atom stereocenters. The molecule has 3 aliphatic heterocycles. The first-order valence-electron chi connectivity index (χ1n) is 8.16. The number of halogens is 1. The van der Waals surface area contributed by atoms with Gasteiger partial charge in [-0.3, -0.25) is 4.90 Å². The zero-order valence-corrected chi connectivity index (χ0v) is 16.4. The summed E-state index contributed by atoms with van der Waals surface area (Å²) in [6.07, 6.45) is -0.632. The number of carbonyl (C=O) groups is 1. The van der Waals surface area contributed by atoms with Crippen molar-refractivity contribution < 1.29 is 24.1 Å². The highest BCUT2D eigenvalue weighted by molar-refractivity contribution is 14.1. The van der Waals surface area contributed by atoms with E-state index in [1.54, 1.807) is 20.8 Å². The van der Waals surface area contributed by atoms with Gasteiger partial charge in [0, 0.05) is 10.5 Å². The first kappa shape index (κ1) is 17.8. The number of aliphatic hydroxyl groups is 1. The highest BCUT2D eigenvalue weighted by atomic mass is 127. The van der Waals surface area contributed by atoms with E-state index < -0.39 is 29.5 Å². The van der Waals surface area contributed by atoms with Crippen molar-refractivity contribution in [1.82, 2.24) is 4.90 Å². The molecule has 3 saturated heterocycles. The van der Waals surface area contributed by atoms with Gasteiger partial charge >= 0.3 is 5.97 Å². The molecule has 0 spiro atoms. The van der Waals surface area contributed by atoms with Gasteiger partial charge in [0.1, 0.15) is 17.8 Å². The fourth-order valence-electron chi connectivity index (χ4n) is 3.94. The maximum Gasteiger partial charge on any atom is 0.337 e. The van der Waals surface area contributed by atoms with Gasteiger partial charge in [0.15, 0.2) is 11.9 Å². The molecule has 0 bridgehead atoms. The summed E-state index contributed by atoms with van der Waals surface area (Å²) in [4.78, 5) is 14.5. The number of ether oxygens (including phenoxy) is 3. The van der Waals surface area contributed by atoms with Gasteiger partial charge in [0.2, 0.25) is 0 Å². The average molecular weight is 439 g/mol. The minimum Gasteiger partial charge on any atom is -0.458 e. The Labute approximate surface area is 151 Å². The van der Waals surface area contributed by atoms with E-state index in [1.807, 2.05) is 13.8 Å². The van der Waals surface area contributed by atoms with Gasteiger partial charge in [0.25, 0.3) is 0 Å². The van der Waals surface area contributed by atoms with Crippen LogP contribution < -0.4 is 0 Å². The Morgan fingerprint density at radius 1 is 1.35 bits per heavy atom. The van der Waals surface area contributed by atoms with Crippen LogP contribution >= 0.6 is 22.6 Å². The Bertz CT molecular complexity index is 491. The largest absolute Gasteiger partial charge is 0.458 e. The van der Waals surface area contributed by atoms with Crippen LogP contribution in [0.1, 0.15) is 41.0 Å². The molecule has 3 rings (SSSR count). The van der Waals surface area contributed by atoms with Gasteiger partial charge in [-0.25, -0.2) is 4.79 Å². The van der Waals surface area contributed by atoms with E-state index >= 15 is 0 Å². The third kappa shape index (κ3) is 3.27.